The van der Waals surface area contributed by atoms with Crippen molar-refractivity contribution in [3.8, 4) is 11.5 Å². The number of hydrogen-bond acceptors (Lipinski definition) is 6. The first-order valence-electron chi connectivity index (χ1n) is 9.13. The summed E-state index contributed by atoms with van der Waals surface area (Å²) in [5.41, 5.74) is 1.52. The summed E-state index contributed by atoms with van der Waals surface area (Å²) in [6.45, 7) is 0.937. The Morgan fingerprint density at radius 1 is 1.15 bits per heavy atom. The number of ketones is 1. The Morgan fingerprint density at radius 2 is 1.96 bits per heavy atom. The van der Waals surface area contributed by atoms with Crippen LogP contribution < -0.4 is 15.0 Å². The molecule has 0 atom stereocenters. The molecule has 0 radical (unpaired) electrons. The number of nitrogens with zero attached hydrogens (tertiary/aromatic N) is 2. The summed E-state index contributed by atoms with van der Waals surface area (Å²) >= 11 is 1.61. The highest BCUT2D eigenvalue weighted by atomic mass is 32.1. The van der Waals surface area contributed by atoms with E-state index < -0.39 is 0 Å². The van der Waals surface area contributed by atoms with Crippen LogP contribution in [0.15, 0.2) is 29.3 Å². The van der Waals surface area contributed by atoms with Gasteiger partial charge in [-0.05, 0) is 49.4 Å². The minimum Gasteiger partial charge on any atom is -0.486 e. The van der Waals surface area contributed by atoms with Crippen molar-refractivity contribution in [1.29, 1.82) is 0 Å². The maximum Gasteiger partial charge on any atom is 0.262 e. The van der Waals surface area contributed by atoms with Crippen molar-refractivity contribution in [2.45, 2.75) is 32.2 Å². The van der Waals surface area contributed by atoms with Crippen LogP contribution in [0.1, 0.15) is 33.6 Å². The zero-order chi connectivity index (χ0) is 18.4. The maximum absolute atomic E-state index is 13.0. The Bertz CT molecular complexity index is 1120. The van der Waals surface area contributed by atoms with Gasteiger partial charge in [0.15, 0.2) is 17.3 Å². The first-order chi connectivity index (χ1) is 13.2. The minimum absolute atomic E-state index is 0.0357. The average molecular weight is 382 g/mol. The van der Waals surface area contributed by atoms with Crippen molar-refractivity contribution in [3.05, 3.63) is 50.9 Å². The molecule has 27 heavy (non-hydrogen) atoms. The number of carbonyl (C=O) groups excluding carboxylic acids is 1. The van der Waals surface area contributed by atoms with E-state index in [0.717, 1.165) is 36.1 Å². The van der Waals surface area contributed by atoms with E-state index in [0.29, 0.717) is 35.7 Å². The van der Waals surface area contributed by atoms with Gasteiger partial charge < -0.3 is 9.47 Å². The first kappa shape index (κ1) is 16.5. The zero-order valence-corrected chi connectivity index (χ0v) is 15.5. The molecule has 138 valence electrons. The standard InChI is InChI=1S/C20H18N2O4S/c23-14(12-5-6-15-16(9-12)26-8-7-25-15)10-22-11-21-19-18(20(22)24)13-3-1-2-4-17(13)27-19/h5-6,9,11H,1-4,7-8,10H2. The van der Waals surface area contributed by atoms with Gasteiger partial charge in [-0.2, -0.15) is 0 Å². The highest BCUT2D eigenvalue weighted by molar-refractivity contribution is 7.18. The van der Waals surface area contributed by atoms with Crippen LogP contribution in [0.2, 0.25) is 0 Å². The molecule has 1 aliphatic heterocycles. The molecular weight excluding hydrogens is 364 g/mol. The summed E-state index contributed by atoms with van der Waals surface area (Å²) in [4.78, 5) is 32.2. The van der Waals surface area contributed by atoms with Gasteiger partial charge in [-0.1, -0.05) is 0 Å². The predicted molar refractivity (Wildman–Crippen MR) is 102 cm³/mol. The van der Waals surface area contributed by atoms with Crippen molar-refractivity contribution in [1.82, 2.24) is 9.55 Å². The number of benzene rings is 1. The predicted octanol–water partition coefficient (Wildman–Crippen LogP) is 2.99. The van der Waals surface area contributed by atoms with E-state index in [-0.39, 0.29) is 17.9 Å². The second kappa shape index (κ2) is 6.49. The van der Waals surface area contributed by atoms with Crippen LogP contribution in [0.4, 0.5) is 0 Å². The van der Waals surface area contributed by atoms with Crippen LogP contribution in [-0.4, -0.2) is 28.5 Å². The fourth-order valence-electron chi connectivity index (χ4n) is 3.76. The molecule has 1 aliphatic carbocycles. The van der Waals surface area contributed by atoms with Crippen LogP contribution in [0.5, 0.6) is 11.5 Å². The summed E-state index contributed by atoms with van der Waals surface area (Å²) < 4.78 is 12.4. The van der Waals surface area contributed by atoms with Gasteiger partial charge in [0.25, 0.3) is 5.56 Å². The third-order valence-corrected chi connectivity index (χ3v) is 6.32. The Balaban J connectivity index is 1.48. The van der Waals surface area contributed by atoms with Gasteiger partial charge in [0.05, 0.1) is 18.3 Å². The molecule has 6 nitrogen and oxygen atoms in total. The summed E-state index contributed by atoms with van der Waals surface area (Å²) in [6, 6.07) is 5.13. The monoisotopic (exact) mass is 382 g/mol. The van der Waals surface area contributed by atoms with Gasteiger partial charge in [-0.25, -0.2) is 4.98 Å². The molecule has 2 aliphatic rings. The molecule has 0 amide bonds. The van der Waals surface area contributed by atoms with E-state index in [1.807, 2.05) is 0 Å². The number of aromatic nitrogens is 2. The lowest BCUT2D eigenvalue weighted by molar-refractivity contribution is 0.0969. The van der Waals surface area contributed by atoms with E-state index in [2.05, 4.69) is 4.98 Å². The van der Waals surface area contributed by atoms with Crippen LogP contribution in [-0.2, 0) is 19.4 Å². The van der Waals surface area contributed by atoms with Gasteiger partial charge in [0, 0.05) is 10.4 Å². The molecule has 0 bridgehead atoms. The Kier molecular flexibility index (Phi) is 3.97. The number of rotatable bonds is 3. The van der Waals surface area contributed by atoms with E-state index in [1.54, 1.807) is 29.5 Å². The smallest absolute Gasteiger partial charge is 0.262 e. The lowest BCUT2D eigenvalue weighted by Crippen LogP contribution is -2.25. The molecule has 3 heterocycles. The molecule has 5 rings (SSSR count). The first-order valence-corrected chi connectivity index (χ1v) is 9.95. The number of hydrogen-bond donors (Lipinski definition) is 0. The SMILES string of the molecule is O=C(Cn1cnc2sc3c(c2c1=O)CCCC3)c1ccc2c(c1)OCCO2. The fourth-order valence-corrected chi connectivity index (χ4v) is 4.98. The largest absolute Gasteiger partial charge is 0.486 e. The third-order valence-electron chi connectivity index (χ3n) is 5.12. The summed E-state index contributed by atoms with van der Waals surface area (Å²) in [6.07, 6.45) is 5.70. The molecular formula is C20H18N2O4S. The Labute approximate surface area is 159 Å². The van der Waals surface area contributed by atoms with Gasteiger partial charge >= 0.3 is 0 Å². The molecule has 0 unspecified atom stereocenters. The van der Waals surface area contributed by atoms with Crippen LogP contribution in [0.25, 0.3) is 10.2 Å². The van der Waals surface area contributed by atoms with Gasteiger partial charge in [-0.15, -0.1) is 11.3 Å². The van der Waals surface area contributed by atoms with Gasteiger partial charge in [-0.3, -0.25) is 14.2 Å². The highest BCUT2D eigenvalue weighted by Crippen LogP contribution is 2.33. The number of fused-ring (bicyclic) bond motifs is 4. The second-order valence-corrected chi connectivity index (χ2v) is 7.93. The summed E-state index contributed by atoms with van der Waals surface area (Å²) in [7, 11) is 0. The molecule has 0 fully saturated rings. The van der Waals surface area contributed by atoms with Crippen LogP contribution >= 0.6 is 11.3 Å². The molecule has 3 aromatic rings. The minimum atomic E-state index is -0.153. The van der Waals surface area contributed by atoms with Crippen molar-refractivity contribution in [2.75, 3.05) is 13.2 Å². The highest BCUT2D eigenvalue weighted by Gasteiger charge is 2.21. The lowest BCUT2D eigenvalue weighted by atomic mass is 9.97. The van der Waals surface area contributed by atoms with Crippen molar-refractivity contribution < 1.29 is 14.3 Å². The topological polar surface area (TPSA) is 70.4 Å². The normalized spacial score (nSPS) is 15.6. The fraction of sp³-hybridized carbons (Fsp3) is 0.350. The zero-order valence-electron chi connectivity index (χ0n) is 14.7. The van der Waals surface area contributed by atoms with Gasteiger partial charge in [0.2, 0.25) is 0 Å². The molecule has 7 heteroatoms. The Morgan fingerprint density at radius 3 is 2.85 bits per heavy atom. The number of carbonyl (C=O) groups is 1. The maximum atomic E-state index is 13.0. The van der Waals surface area contributed by atoms with E-state index in [4.69, 9.17) is 9.47 Å². The van der Waals surface area contributed by atoms with Crippen LogP contribution in [0.3, 0.4) is 0 Å². The number of Topliss-reactive ketones (excluding diaryl/α,β-unsaturated/α-hetero) is 1. The quantitative estimate of drug-likeness (QED) is 0.652. The van der Waals surface area contributed by atoms with Crippen molar-refractivity contribution >= 4 is 27.3 Å². The molecule has 0 saturated heterocycles. The molecule has 0 N–H and O–H groups in total. The van der Waals surface area contributed by atoms with E-state index in [9.17, 15) is 9.59 Å². The second-order valence-electron chi connectivity index (χ2n) is 6.85. The summed E-state index contributed by atoms with van der Waals surface area (Å²) in [5.74, 6) is 1.06. The van der Waals surface area contributed by atoms with Gasteiger partial charge in [0.1, 0.15) is 18.0 Å². The average Bonchev–Trinajstić information content (AvgIpc) is 3.09. The number of aryl methyl sites for hydroxylation is 2. The van der Waals surface area contributed by atoms with E-state index in [1.165, 1.54) is 15.8 Å². The number of thiophene rings is 1. The van der Waals surface area contributed by atoms with E-state index >= 15 is 0 Å². The molecule has 0 spiro atoms. The molecule has 2 aromatic heterocycles. The Hall–Kier alpha value is -2.67. The summed E-state index contributed by atoms with van der Waals surface area (Å²) in [5, 5.41) is 0.701. The third kappa shape index (κ3) is 2.82. The molecule has 1 aromatic carbocycles. The number of ether oxygens (including phenoxy) is 2. The van der Waals surface area contributed by atoms with Crippen molar-refractivity contribution in [3.63, 3.8) is 0 Å². The van der Waals surface area contributed by atoms with Crippen LogP contribution in [0, 0.1) is 0 Å². The molecule has 0 saturated carbocycles. The lowest BCUT2D eigenvalue weighted by Gasteiger charge is -2.18. The van der Waals surface area contributed by atoms with Crippen molar-refractivity contribution in [2.24, 2.45) is 0 Å².